The molecular formula is C11H11Br2N3O. The molecule has 0 unspecified atom stereocenters. The van der Waals surface area contributed by atoms with Gasteiger partial charge in [0, 0.05) is 0 Å². The maximum Gasteiger partial charge on any atom is 0.199 e. The monoisotopic (exact) mass is 359 g/mol. The maximum atomic E-state index is 5.85. The lowest BCUT2D eigenvalue weighted by molar-refractivity contribution is 0.575. The lowest BCUT2D eigenvalue weighted by Crippen LogP contribution is -2.02. The maximum absolute atomic E-state index is 5.85. The molecule has 17 heavy (non-hydrogen) atoms. The predicted octanol–water partition coefficient (Wildman–Crippen LogP) is 3.80. The van der Waals surface area contributed by atoms with E-state index in [-0.39, 0.29) is 0 Å². The molecule has 6 heteroatoms. The molecule has 2 heterocycles. The number of hydrogen-bond acceptors (Lipinski definition) is 4. The van der Waals surface area contributed by atoms with Crippen molar-refractivity contribution < 1.29 is 4.42 Å². The third-order valence-electron chi connectivity index (χ3n) is 2.25. The standard InChI is InChI=1S/C11H11Br2N3O/c1-2-3-7-8(13)10(14)16-11(15-7)9-6(12)4-5-17-9/h4-5H,2-3H2,1H3,(H2,14,15,16). The second-order valence-corrected chi connectivity index (χ2v) is 5.19. The normalized spacial score (nSPS) is 10.8. The van der Waals surface area contributed by atoms with Gasteiger partial charge in [-0.05, 0) is 44.3 Å². The highest BCUT2D eigenvalue weighted by atomic mass is 79.9. The minimum Gasteiger partial charge on any atom is -0.460 e. The van der Waals surface area contributed by atoms with E-state index in [4.69, 9.17) is 10.2 Å². The fraction of sp³-hybridized carbons (Fsp3) is 0.273. The van der Waals surface area contributed by atoms with Crippen LogP contribution in [0, 0.1) is 0 Å². The molecule has 0 atom stereocenters. The zero-order valence-corrected chi connectivity index (χ0v) is 12.4. The average Bonchev–Trinajstić information content (AvgIpc) is 2.71. The number of anilines is 1. The summed E-state index contributed by atoms with van der Waals surface area (Å²) < 4.78 is 6.93. The molecule has 2 aromatic rings. The van der Waals surface area contributed by atoms with Crippen LogP contribution < -0.4 is 5.73 Å². The molecule has 0 aliphatic rings. The van der Waals surface area contributed by atoms with Crippen LogP contribution >= 0.6 is 31.9 Å². The lowest BCUT2D eigenvalue weighted by Gasteiger charge is -2.07. The summed E-state index contributed by atoms with van der Waals surface area (Å²) in [4.78, 5) is 8.68. The van der Waals surface area contributed by atoms with Gasteiger partial charge < -0.3 is 10.2 Å². The molecule has 0 aliphatic carbocycles. The largest absolute Gasteiger partial charge is 0.460 e. The van der Waals surface area contributed by atoms with E-state index in [1.807, 2.05) is 0 Å². The Hall–Kier alpha value is -0.880. The van der Waals surface area contributed by atoms with E-state index in [9.17, 15) is 0 Å². The Morgan fingerprint density at radius 3 is 2.71 bits per heavy atom. The number of nitrogens with zero attached hydrogens (tertiary/aromatic N) is 2. The van der Waals surface area contributed by atoms with Gasteiger partial charge in [-0.1, -0.05) is 13.3 Å². The third-order valence-corrected chi connectivity index (χ3v) is 3.74. The van der Waals surface area contributed by atoms with Crippen molar-refractivity contribution in [1.29, 1.82) is 0 Å². The highest BCUT2D eigenvalue weighted by Crippen LogP contribution is 2.30. The highest BCUT2D eigenvalue weighted by molar-refractivity contribution is 9.11. The van der Waals surface area contributed by atoms with Crippen molar-refractivity contribution in [3.63, 3.8) is 0 Å². The molecule has 2 N–H and O–H groups in total. The van der Waals surface area contributed by atoms with Crippen molar-refractivity contribution in [3.8, 4) is 11.6 Å². The van der Waals surface area contributed by atoms with E-state index in [1.165, 1.54) is 0 Å². The molecule has 4 nitrogen and oxygen atoms in total. The molecule has 0 radical (unpaired) electrons. The van der Waals surface area contributed by atoms with Crippen LogP contribution in [0.1, 0.15) is 19.0 Å². The molecule has 0 bridgehead atoms. The van der Waals surface area contributed by atoms with E-state index >= 15 is 0 Å². The van der Waals surface area contributed by atoms with E-state index < -0.39 is 0 Å². The molecule has 2 rings (SSSR count). The van der Waals surface area contributed by atoms with E-state index in [0.29, 0.717) is 17.4 Å². The molecule has 0 amide bonds. The number of hydrogen-bond donors (Lipinski definition) is 1. The van der Waals surface area contributed by atoms with Crippen LogP contribution in [-0.4, -0.2) is 9.97 Å². The topological polar surface area (TPSA) is 64.9 Å². The van der Waals surface area contributed by atoms with Gasteiger partial charge in [-0.15, -0.1) is 0 Å². The number of halogens is 2. The van der Waals surface area contributed by atoms with E-state index in [1.54, 1.807) is 12.3 Å². The van der Waals surface area contributed by atoms with Crippen molar-refractivity contribution >= 4 is 37.7 Å². The van der Waals surface area contributed by atoms with E-state index in [0.717, 1.165) is 27.5 Å². The van der Waals surface area contributed by atoms with Gasteiger partial charge in [0.25, 0.3) is 0 Å². The first kappa shape index (κ1) is 12.6. The molecule has 0 saturated heterocycles. The van der Waals surface area contributed by atoms with Crippen molar-refractivity contribution in [2.24, 2.45) is 0 Å². The molecule has 2 aromatic heterocycles. The summed E-state index contributed by atoms with van der Waals surface area (Å²) in [5.41, 5.74) is 6.75. The van der Waals surface area contributed by atoms with Crippen molar-refractivity contribution in [2.45, 2.75) is 19.8 Å². The Labute approximate surface area is 116 Å². The summed E-state index contributed by atoms with van der Waals surface area (Å²) in [5.74, 6) is 1.54. The Balaban J connectivity index is 2.53. The molecule has 0 saturated carbocycles. The second-order valence-electron chi connectivity index (χ2n) is 3.54. The Bertz CT molecular complexity index is 540. The number of rotatable bonds is 3. The number of aryl methyl sites for hydroxylation is 1. The quantitative estimate of drug-likeness (QED) is 0.904. The first-order valence-corrected chi connectivity index (χ1v) is 6.77. The summed E-state index contributed by atoms with van der Waals surface area (Å²) in [6, 6.07) is 1.80. The van der Waals surface area contributed by atoms with Gasteiger partial charge >= 0.3 is 0 Å². The second kappa shape index (κ2) is 5.18. The van der Waals surface area contributed by atoms with Gasteiger partial charge in [-0.25, -0.2) is 9.97 Å². The minimum absolute atomic E-state index is 0.432. The Kier molecular flexibility index (Phi) is 3.83. The number of aromatic nitrogens is 2. The fourth-order valence-electron chi connectivity index (χ4n) is 1.47. The third kappa shape index (κ3) is 2.52. The first-order valence-electron chi connectivity index (χ1n) is 5.18. The van der Waals surface area contributed by atoms with Crippen LogP contribution in [0.25, 0.3) is 11.6 Å². The minimum atomic E-state index is 0.432. The molecular weight excluding hydrogens is 350 g/mol. The number of nitrogen functional groups attached to an aromatic ring is 1. The summed E-state index contributed by atoms with van der Waals surface area (Å²) >= 11 is 6.79. The molecule has 0 spiro atoms. The van der Waals surface area contributed by atoms with E-state index in [2.05, 4.69) is 48.8 Å². The highest BCUT2D eigenvalue weighted by Gasteiger charge is 2.15. The molecule has 0 fully saturated rings. The summed E-state index contributed by atoms with van der Waals surface area (Å²) in [6.07, 6.45) is 3.42. The van der Waals surface area contributed by atoms with Gasteiger partial charge in [0.2, 0.25) is 0 Å². The lowest BCUT2D eigenvalue weighted by atomic mass is 10.2. The number of furan rings is 1. The average molecular weight is 361 g/mol. The zero-order chi connectivity index (χ0) is 12.4. The predicted molar refractivity (Wildman–Crippen MR) is 73.5 cm³/mol. The van der Waals surface area contributed by atoms with Gasteiger partial charge in [-0.3, -0.25) is 0 Å². The van der Waals surface area contributed by atoms with Gasteiger partial charge in [0.1, 0.15) is 5.82 Å². The van der Waals surface area contributed by atoms with Gasteiger partial charge in [0.15, 0.2) is 11.6 Å². The van der Waals surface area contributed by atoms with Crippen molar-refractivity contribution in [3.05, 3.63) is 27.0 Å². The van der Waals surface area contributed by atoms with Gasteiger partial charge in [-0.2, -0.15) is 0 Å². The summed E-state index contributed by atoms with van der Waals surface area (Å²) in [5, 5.41) is 0. The summed E-state index contributed by atoms with van der Waals surface area (Å²) in [7, 11) is 0. The van der Waals surface area contributed by atoms with Crippen LogP contribution in [0.4, 0.5) is 5.82 Å². The van der Waals surface area contributed by atoms with Gasteiger partial charge in [0.05, 0.1) is 20.9 Å². The fourth-order valence-corrected chi connectivity index (χ4v) is 2.22. The molecule has 90 valence electrons. The van der Waals surface area contributed by atoms with Crippen LogP contribution in [0.15, 0.2) is 25.7 Å². The molecule has 0 aromatic carbocycles. The summed E-state index contributed by atoms with van der Waals surface area (Å²) in [6.45, 7) is 2.09. The van der Waals surface area contributed by atoms with Crippen LogP contribution in [0.3, 0.4) is 0 Å². The molecule has 0 aliphatic heterocycles. The Morgan fingerprint density at radius 1 is 1.35 bits per heavy atom. The SMILES string of the molecule is CCCc1nc(-c2occc2Br)nc(N)c1Br. The smallest absolute Gasteiger partial charge is 0.199 e. The Morgan fingerprint density at radius 2 is 2.12 bits per heavy atom. The van der Waals surface area contributed by atoms with Crippen LogP contribution in [0.5, 0.6) is 0 Å². The van der Waals surface area contributed by atoms with Crippen LogP contribution in [-0.2, 0) is 6.42 Å². The van der Waals surface area contributed by atoms with Crippen molar-refractivity contribution in [1.82, 2.24) is 9.97 Å². The van der Waals surface area contributed by atoms with Crippen LogP contribution in [0.2, 0.25) is 0 Å². The van der Waals surface area contributed by atoms with Crippen molar-refractivity contribution in [2.75, 3.05) is 5.73 Å². The first-order chi connectivity index (χ1) is 8.13. The zero-order valence-electron chi connectivity index (χ0n) is 9.20. The number of nitrogens with two attached hydrogens (primary N) is 1.